The van der Waals surface area contributed by atoms with Crippen LogP contribution in [0.2, 0.25) is 5.02 Å². The van der Waals surface area contributed by atoms with Crippen LogP contribution in [-0.2, 0) is 21.5 Å². The lowest BCUT2D eigenvalue weighted by Gasteiger charge is -2.29. The number of amides is 2. The normalized spacial score (nSPS) is 12.2. The third kappa shape index (κ3) is 7.28. The second-order valence-electron chi connectivity index (χ2n) is 8.65. The van der Waals surface area contributed by atoms with E-state index in [-0.39, 0.29) is 30.4 Å². The molecule has 0 saturated heterocycles. The first-order chi connectivity index (χ1) is 14.6. The van der Waals surface area contributed by atoms with Crippen molar-refractivity contribution in [2.45, 2.75) is 59.0 Å². The van der Waals surface area contributed by atoms with E-state index in [2.05, 4.69) is 26.1 Å². The molecule has 2 amide bonds. The number of nitrogens with one attached hydrogen (secondary N) is 1. The molecule has 0 aliphatic carbocycles. The molecule has 0 aliphatic heterocycles. The molecule has 2 rings (SSSR count). The Morgan fingerprint density at radius 1 is 1.13 bits per heavy atom. The van der Waals surface area contributed by atoms with E-state index < -0.39 is 6.04 Å². The molecular formula is C25H33ClN2O3. The molecule has 2 aromatic carbocycles. The van der Waals surface area contributed by atoms with Crippen molar-refractivity contribution in [3.05, 3.63) is 64.7 Å². The number of nitrogens with zero attached hydrogens (tertiary/aromatic N) is 1. The number of benzene rings is 2. The largest absolute Gasteiger partial charge is 0.483 e. The zero-order valence-electron chi connectivity index (χ0n) is 19.1. The zero-order chi connectivity index (χ0) is 23.0. The predicted molar refractivity (Wildman–Crippen MR) is 125 cm³/mol. The highest BCUT2D eigenvalue weighted by Crippen LogP contribution is 2.31. The minimum absolute atomic E-state index is 0.118. The average Bonchev–Trinajstić information content (AvgIpc) is 2.73. The first kappa shape index (κ1) is 24.7. The Bertz CT molecular complexity index is 892. The van der Waals surface area contributed by atoms with E-state index in [0.717, 1.165) is 17.5 Å². The SMILES string of the molecule is CCCNC(=O)[C@@H](C)N(Cc1cccc(Cl)c1)C(=O)COc1ccccc1C(C)(C)C. The van der Waals surface area contributed by atoms with Gasteiger partial charge in [-0.15, -0.1) is 0 Å². The van der Waals surface area contributed by atoms with Gasteiger partial charge >= 0.3 is 0 Å². The number of carbonyl (C=O) groups is 2. The van der Waals surface area contributed by atoms with Gasteiger partial charge < -0.3 is 15.0 Å². The Labute approximate surface area is 190 Å². The van der Waals surface area contributed by atoms with E-state index in [4.69, 9.17) is 16.3 Å². The van der Waals surface area contributed by atoms with Crippen LogP contribution >= 0.6 is 11.6 Å². The number of carbonyl (C=O) groups excluding carboxylic acids is 2. The van der Waals surface area contributed by atoms with E-state index in [1.54, 1.807) is 19.1 Å². The monoisotopic (exact) mass is 444 g/mol. The molecule has 5 nitrogen and oxygen atoms in total. The Morgan fingerprint density at radius 3 is 2.48 bits per heavy atom. The van der Waals surface area contributed by atoms with E-state index in [1.165, 1.54) is 4.90 Å². The standard InChI is InChI=1S/C25H33ClN2O3/c1-6-14-27-24(30)18(2)28(16-19-10-9-11-20(26)15-19)23(29)17-31-22-13-8-7-12-21(22)25(3,4)5/h7-13,15,18H,6,14,16-17H2,1-5H3,(H,27,30)/t18-/m1/s1. The van der Waals surface area contributed by atoms with Crippen LogP contribution in [0.1, 0.15) is 52.2 Å². The number of hydrogen-bond acceptors (Lipinski definition) is 3. The number of ether oxygens (including phenoxy) is 1. The fourth-order valence-corrected chi connectivity index (χ4v) is 3.46. The Hall–Kier alpha value is -2.53. The number of para-hydroxylation sites is 1. The Morgan fingerprint density at radius 2 is 1.84 bits per heavy atom. The summed E-state index contributed by atoms with van der Waals surface area (Å²) in [7, 11) is 0. The summed E-state index contributed by atoms with van der Waals surface area (Å²) in [6.45, 7) is 10.7. The van der Waals surface area contributed by atoms with Crippen LogP contribution in [0.5, 0.6) is 5.75 Å². The van der Waals surface area contributed by atoms with Gasteiger partial charge in [-0.2, -0.15) is 0 Å². The molecule has 6 heteroatoms. The van der Waals surface area contributed by atoms with Gasteiger partial charge in [0.15, 0.2) is 6.61 Å². The number of rotatable bonds is 9. The quantitative estimate of drug-likeness (QED) is 0.594. The third-order valence-corrected chi connectivity index (χ3v) is 5.24. The maximum absolute atomic E-state index is 13.2. The minimum atomic E-state index is -0.639. The molecule has 0 spiro atoms. The van der Waals surface area contributed by atoms with E-state index in [1.807, 2.05) is 43.3 Å². The van der Waals surface area contributed by atoms with E-state index >= 15 is 0 Å². The molecular weight excluding hydrogens is 412 g/mol. The summed E-state index contributed by atoms with van der Waals surface area (Å²) in [4.78, 5) is 27.3. The molecule has 0 saturated carbocycles. The second kappa shape index (κ2) is 11.2. The number of halogens is 1. The van der Waals surface area contributed by atoms with Crippen molar-refractivity contribution >= 4 is 23.4 Å². The highest BCUT2D eigenvalue weighted by atomic mass is 35.5. The van der Waals surface area contributed by atoms with Crippen molar-refractivity contribution in [2.24, 2.45) is 0 Å². The fourth-order valence-electron chi connectivity index (χ4n) is 3.25. The molecule has 0 fully saturated rings. The third-order valence-electron chi connectivity index (χ3n) is 5.00. The van der Waals surface area contributed by atoms with Crippen molar-refractivity contribution in [2.75, 3.05) is 13.2 Å². The summed E-state index contributed by atoms with van der Waals surface area (Å²) in [5, 5.41) is 3.45. The summed E-state index contributed by atoms with van der Waals surface area (Å²) in [6.07, 6.45) is 0.827. The molecule has 31 heavy (non-hydrogen) atoms. The van der Waals surface area contributed by atoms with Crippen molar-refractivity contribution in [3.8, 4) is 5.75 Å². The van der Waals surface area contributed by atoms with Gasteiger partial charge in [-0.05, 0) is 48.1 Å². The molecule has 168 valence electrons. The van der Waals surface area contributed by atoms with Gasteiger partial charge in [0.2, 0.25) is 5.91 Å². The van der Waals surface area contributed by atoms with Crippen LogP contribution in [-0.4, -0.2) is 35.9 Å². The van der Waals surface area contributed by atoms with Crippen molar-refractivity contribution in [1.82, 2.24) is 10.2 Å². The van der Waals surface area contributed by atoms with Gasteiger partial charge in [0, 0.05) is 18.1 Å². The van der Waals surface area contributed by atoms with Crippen LogP contribution in [0, 0.1) is 0 Å². The van der Waals surface area contributed by atoms with Crippen LogP contribution in [0.15, 0.2) is 48.5 Å². The molecule has 0 radical (unpaired) electrons. The van der Waals surface area contributed by atoms with Crippen LogP contribution in [0.3, 0.4) is 0 Å². The highest BCUT2D eigenvalue weighted by molar-refractivity contribution is 6.30. The molecule has 1 N–H and O–H groups in total. The topological polar surface area (TPSA) is 58.6 Å². The van der Waals surface area contributed by atoms with Crippen LogP contribution in [0.25, 0.3) is 0 Å². The Balaban J connectivity index is 2.21. The molecule has 0 bridgehead atoms. The average molecular weight is 445 g/mol. The molecule has 1 atom stereocenters. The molecule has 2 aromatic rings. The van der Waals surface area contributed by atoms with E-state index in [9.17, 15) is 9.59 Å². The van der Waals surface area contributed by atoms with Gasteiger partial charge in [-0.1, -0.05) is 69.6 Å². The van der Waals surface area contributed by atoms with Gasteiger partial charge in [0.1, 0.15) is 11.8 Å². The molecule has 0 heterocycles. The fraction of sp³-hybridized carbons (Fsp3) is 0.440. The van der Waals surface area contributed by atoms with Crippen LogP contribution in [0.4, 0.5) is 0 Å². The maximum Gasteiger partial charge on any atom is 0.261 e. The molecule has 0 aliphatic rings. The van der Waals surface area contributed by atoms with Gasteiger partial charge in [-0.3, -0.25) is 9.59 Å². The van der Waals surface area contributed by atoms with Crippen molar-refractivity contribution in [1.29, 1.82) is 0 Å². The summed E-state index contributed by atoms with van der Waals surface area (Å²) in [5.41, 5.74) is 1.76. The summed E-state index contributed by atoms with van der Waals surface area (Å²) in [6, 6.07) is 14.4. The van der Waals surface area contributed by atoms with Crippen molar-refractivity contribution < 1.29 is 14.3 Å². The minimum Gasteiger partial charge on any atom is -0.483 e. The lowest BCUT2D eigenvalue weighted by molar-refractivity contribution is -0.142. The predicted octanol–water partition coefficient (Wildman–Crippen LogP) is 4.96. The maximum atomic E-state index is 13.2. The lowest BCUT2D eigenvalue weighted by Crippen LogP contribution is -2.49. The highest BCUT2D eigenvalue weighted by Gasteiger charge is 2.27. The smallest absolute Gasteiger partial charge is 0.261 e. The Kier molecular flexibility index (Phi) is 8.93. The van der Waals surface area contributed by atoms with Gasteiger partial charge in [0.05, 0.1) is 0 Å². The second-order valence-corrected chi connectivity index (χ2v) is 9.09. The van der Waals surface area contributed by atoms with Gasteiger partial charge in [-0.25, -0.2) is 0 Å². The van der Waals surface area contributed by atoms with E-state index in [0.29, 0.717) is 17.3 Å². The number of hydrogen-bond donors (Lipinski definition) is 1. The first-order valence-electron chi connectivity index (χ1n) is 10.7. The summed E-state index contributed by atoms with van der Waals surface area (Å²) < 4.78 is 5.93. The first-order valence-corrected chi connectivity index (χ1v) is 11.0. The van der Waals surface area contributed by atoms with Crippen LogP contribution < -0.4 is 10.1 Å². The molecule has 0 unspecified atom stereocenters. The summed E-state index contributed by atoms with van der Waals surface area (Å²) in [5.74, 6) is 0.226. The van der Waals surface area contributed by atoms with Gasteiger partial charge in [0.25, 0.3) is 5.91 Å². The molecule has 0 aromatic heterocycles. The zero-order valence-corrected chi connectivity index (χ0v) is 19.8. The lowest BCUT2D eigenvalue weighted by atomic mass is 9.86. The summed E-state index contributed by atoms with van der Waals surface area (Å²) >= 11 is 6.11. The van der Waals surface area contributed by atoms with Crippen molar-refractivity contribution in [3.63, 3.8) is 0 Å².